The van der Waals surface area contributed by atoms with E-state index in [2.05, 4.69) is 4.98 Å². The van der Waals surface area contributed by atoms with Crippen molar-refractivity contribution in [2.24, 2.45) is 7.05 Å². The zero-order valence-electron chi connectivity index (χ0n) is 9.26. The van der Waals surface area contributed by atoms with Gasteiger partial charge in [0.15, 0.2) is 5.78 Å². The number of nitrogens with zero attached hydrogens (tertiary/aromatic N) is 2. The first kappa shape index (κ1) is 10.6. The number of carbonyl (C=O) groups excluding carboxylic acids is 1. The highest BCUT2D eigenvalue weighted by atomic mass is 16.1. The zero-order chi connectivity index (χ0) is 11.4. The van der Waals surface area contributed by atoms with E-state index in [0.29, 0.717) is 12.1 Å². The van der Waals surface area contributed by atoms with E-state index in [4.69, 9.17) is 0 Å². The molecule has 16 heavy (non-hydrogen) atoms. The molecule has 1 aromatic carbocycles. The number of hydrogen-bond donors (Lipinski definition) is 0. The molecule has 1 aromatic heterocycles. The number of hydrogen-bond acceptors (Lipinski definition) is 2. The van der Waals surface area contributed by atoms with Crippen molar-refractivity contribution in [2.75, 3.05) is 0 Å². The van der Waals surface area contributed by atoms with Crippen LogP contribution in [-0.2, 0) is 13.5 Å². The SMILES string of the molecule is Cn1cncc1C(=O)CCc1ccccc1. The molecule has 0 saturated carbocycles. The number of carbonyl (C=O) groups is 1. The van der Waals surface area contributed by atoms with Gasteiger partial charge in [-0.25, -0.2) is 4.98 Å². The molecule has 0 atom stereocenters. The maximum atomic E-state index is 11.8. The van der Waals surface area contributed by atoms with E-state index in [9.17, 15) is 4.79 Å². The predicted molar refractivity (Wildman–Crippen MR) is 62.3 cm³/mol. The van der Waals surface area contributed by atoms with E-state index < -0.39 is 0 Å². The van der Waals surface area contributed by atoms with Crippen LogP contribution >= 0.6 is 0 Å². The highest BCUT2D eigenvalue weighted by molar-refractivity contribution is 5.94. The van der Waals surface area contributed by atoms with E-state index in [1.165, 1.54) is 5.56 Å². The molecular formula is C13H14N2O. The third kappa shape index (κ3) is 2.37. The molecule has 0 N–H and O–H groups in total. The minimum absolute atomic E-state index is 0.142. The smallest absolute Gasteiger partial charge is 0.181 e. The third-order valence-corrected chi connectivity index (χ3v) is 2.59. The van der Waals surface area contributed by atoms with Crippen LogP contribution < -0.4 is 0 Å². The Morgan fingerprint density at radius 1 is 1.31 bits per heavy atom. The van der Waals surface area contributed by atoms with Crippen molar-refractivity contribution in [3.63, 3.8) is 0 Å². The van der Waals surface area contributed by atoms with Crippen molar-refractivity contribution in [2.45, 2.75) is 12.8 Å². The Balaban J connectivity index is 1.97. The summed E-state index contributed by atoms with van der Waals surface area (Å²) in [5.74, 6) is 0.142. The fourth-order valence-corrected chi connectivity index (χ4v) is 1.66. The fraction of sp³-hybridized carbons (Fsp3) is 0.231. The topological polar surface area (TPSA) is 34.9 Å². The monoisotopic (exact) mass is 214 g/mol. The fourth-order valence-electron chi connectivity index (χ4n) is 1.66. The van der Waals surface area contributed by atoms with Crippen molar-refractivity contribution in [1.29, 1.82) is 0 Å². The van der Waals surface area contributed by atoms with Crippen molar-refractivity contribution in [3.8, 4) is 0 Å². The summed E-state index contributed by atoms with van der Waals surface area (Å²) in [6, 6.07) is 10.0. The van der Waals surface area contributed by atoms with Gasteiger partial charge >= 0.3 is 0 Å². The largest absolute Gasteiger partial charge is 0.331 e. The Morgan fingerprint density at radius 2 is 2.06 bits per heavy atom. The van der Waals surface area contributed by atoms with E-state index in [0.717, 1.165) is 6.42 Å². The van der Waals surface area contributed by atoms with Crippen molar-refractivity contribution >= 4 is 5.78 Å². The Labute approximate surface area is 94.7 Å². The van der Waals surface area contributed by atoms with Gasteiger partial charge in [-0.05, 0) is 12.0 Å². The van der Waals surface area contributed by atoms with Crippen LogP contribution in [0, 0.1) is 0 Å². The summed E-state index contributed by atoms with van der Waals surface area (Å²) in [4.78, 5) is 15.8. The number of benzene rings is 1. The first-order chi connectivity index (χ1) is 7.77. The van der Waals surface area contributed by atoms with E-state index >= 15 is 0 Å². The molecular weight excluding hydrogens is 200 g/mol. The Hall–Kier alpha value is -1.90. The summed E-state index contributed by atoms with van der Waals surface area (Å²) in [7, 11) is 1.84. The normalized spacial score (nSPS) is 10.3. The van der Waals surface area contributed by atoms with Crippen LogP contribution in [0.1, 0.15) is 22.5 Å². The summed E-state index contributed by atoms with van der Waals surface area (Å²) in [6.45, 7) is 0. The molecule has 0 amide bonds. The van der Waals surface area contributed by atoms with Crippen molar-refractivity contribution in [3.05, 3.63) is 54.1 Å². The van der Waals surface area contributed by atoms with Crippen molar-refractivity contribution in [1.82, 2.24) is 9.55 Å². The van der Waals surface area contributed by atoms with E-state index in [1.807, 2.05) is 37.4 Å². The summed E-state index contributed by atoms with van der Waals surface area (Å²) in [5.41, 5.74) is 1.87. The number of Topliss-reactive ketones (excluding diaryl/α,β-unsaturated/α-hetero) is 1. The van der Waals surface area contributed by atoms with Crippen LogP contribution in [0.4, 0.5) is 0 Å². The predicted octanol–water partition coefficient (Wildman–Crippen LogP) is 2.24. The highest BCUT2D eigenvalue weighted by Crippen LogP contribution is 2.07. The van der Waals surface area contributed by atoms with Gasteiger partial charge in [-0.15, -0.1) is 0 Å². The first-order valence-electron chi connectivity index (χ1n) is 5.31. The molecule has 0 spiro atoms. The van der Waals surface area contributed by atoms with E-state index in [-0.39, 0.29) is 5.78 Å². The Kier molecular flexibility index (Phi) is 3.15. The average Bonchev–Trinajstić information content (AvgIpc) is 2.74. The number of rotatable bonds is 4. The van der Waals surface area contributed by atoms with Gasteiger partial charge in [-0.3, -0.25) is 4.79 Å². The molecule has 0 unspecified atom stereocenters. The molecule has 3 heteroatoms. The van der Waals surface area contributed by atoms with Crippen LogP contribution in [0.5, 0.6) is 0 Å². The highest BCUT2D eigenvalue weighted by Gasteiger charge is 2.09. The van der Waals surface area contributed by atoms with Crippen LogP contribution in [0.3, 0.4) is 0 Å². The number of ketones is 1. The lowest BCUT2D eigenvalue weighted by atomic mass is 10.1. The molecule has 0 radical (unpaired) electrons. The molecule has 0 aliphatic rings. The second kappa shape index (κ2) is 4.75. The molecule has 2 aromatic rings. The van der Waals surface area contributed by atoms with Gasteiger partial charge in [0.05, 0.1) is 12.5 Å². The molecule has 0 saturated heterocycles. The second-order valence-corrected chi connectivity index (χ2v) is 3.80. The molecule has 0 bridgehead atoms. The summed E-state index contributed by atoms with van der Waals surface area (Å²) in [6.07, 6.45) is 4.58. The maximum Gasteiger partial charge on any atom is 0.181 e. The number of aromatic nitrogens is 2. The summed E-state index contributed by atoms with van der Waals surface area (Å²) in [5, 5.41) is 0. The molecule has 2 rings (SSSR count). The quantitative estimate of drug-likeness (QED) is 0.731. The minimum Gasteiger partial charge on any atom is -0.331 e. The molecule has 0 fully saturated rings. The standard InChI is InChI=1S/C13H14N2O/c1-15-10-14-9-12(15)13(16)8-7-11-5-3-2-4-6-11/h2-6,9-10H,7-8H2,1H3. The van der Waals surface area contributed by atoms with Gasteiger partial charge < -0.3 is 4.57 Å². The molecule has 0 aliphatic carbocycles. The summed E-state index contributed by atoms with van der Waals surface area (Å²) < 4.78 is 1.76. The van der Waals surface area contributed by atoms with Gasteiger partial charge in [-0.1, -0.05) is 30.3 Å². The lowest BCUT2D eigenvalue weighted by molar-refractivity contribution is 0.0975. The Morgan fingerprint density at radius 3 is 2.69 bits per heavy atom. The molecule has 82 valence electrons. The van der Waals surface area contributed by atoms with Crippen LogP contribution in [0.2, 0.25) is 0 Å². The van der Waals surface area contributed by atoms with Crippen LogP contribution in [0.25, 0.3) is 0 Å². The second-order valence-electron chi connectivity index (χ2n) is 3.80. The van der Waals surface area contributed by atoms with Gasteiger partial charge in [0, 0.05) is 13.5 Å². The molecule has 1 heterocycles. The first-order valence-corrected chi connectivity index (χ1v) is 5.31. The van der Waals surface area contributed by atoms with Crippen LogP contribution in [0.15, 0.2) is 42.9 Å². The third-order valence-electron chi connectivity index (χ3n) is 2.59. The number of aryl methyl sites for hydroxylation is 2. The Bertz CT molecular complexity index is 474. The van der Waals surface area contributed by atoms with Crippen molar-refractivity contribution < 1.29 is 4.79 Å². The number of imidazole rings is 1. The maximum absolute atomic E-state index is 11.8. The minimum atomic E-state index is 0.142. The van der Waals surface area contributed by atoms with Gasteiger partial charge in [0.25, 0.3) is 0 Å². The van der Waals surface area contributed by atoms with E-state index in [1.54, 1.807) is 17.1 Å². The van der Waals surface area contributed by atoms with Gasteiger partial charge in [-0.2, -0.15) is 0 Å². The van der Waals surface area contributed by atoms with Gasteiger partial charge in [0.2, 0.25) is 0 Å². The van der Waals surface area contributed by atoms with Gasteiger partial charge in [0.1, 0.15) is 5.69 Å². The average molecular weight is 214 g/mol. The lowest BCUT2D eigenvalue weighted by Crippen LogP contribution is -2.06. The molecule has 0 aliphatic heterocycles. The lowest BCUT2D eigenvalue weighted by Gasteiger charge is -2.01. The molecule has 3 nitrogen and oxygen atoms in total. The summed E-state index contributed by atoms with van der Waals surface area (Å²) >= 11 is 0. The zero-order valence-corrected chi connectivity index (χ0v) is 9.26. The van der Waals surface area contributed by atoms with Crippen LogP contribution in [-0.4, -0.2) is 15.3 Å².